The first kappa shape index (κ1) is 11.4. The van der Waals surface area contributed by atoms with E-state index in [0.29, 0.717) is 10.6 Å². The lowest BCUT2D eigenvalue weighted by Crippen LogP contribution is -2.41. The summed E-state index contributed by atoms with van der Waals surface area (Å²) < 4.78 is 0. The first-order chi connectivity index (χ1) is 7.70. The van der Waals surface area contributed by atoms with Crippen LogP contribution in [0.2, 0.25) is 5.02 Å². The Morgan fingerprint density at radius 3 is 2.75 bits per heavy atom. The minimum absolute atomic E-state index is 0.0226. The molecule has 0 bridgehead atoms. The zero-order valence-corrected chi connectivity index (χ0v) is 9.74. The van der Waals surface area contributed by atoms with E-state index >= 15 is 0 Å². The topological polar surface area (TPSA) is 53.1 Å². The smallest absolute Gasteiger partial charge is 0.101 e. The van der Waals surface area contributed by atoms with Gasteiger partial charge < -0.3 is 10.6 Å². The van der Waals surface area contributed by atoms with Crippen LogP contribution in [0, 0.1) is 11.3 Å². The van der Waals surface area contributed by atoms with E-state index in [1.54, 1.807) is 12.1 Å². The molecule has 1 saturated heterocycles. The summed E-state index contributed by atoms with van der Waals surface area (Å²) >= 11 is 5.97. The number of nitrogens with zero attached hydrogens (tertiary/aromatic N) is 2. The lowest BCUT2D eigenvalue weighted by molar-refractivity contribution is 0.170. The minimum Gasteiger partial charge on any atom is -0.323 e. The quantitative estimate of drug-likeness (QED) is 0.871. The van der Waals surface area contributed by atoms with Crippen molar-refractivity contribution in [3.05, 3.63) is 34.3 Å². The second-order valence-corrected chi connectivity index (χ2v) is 4.52. The van der Waals surface area contributed by atoms with Crippen molar-refractivity contribution in [1.29, 1.82) is 5.26 Å². The van der Waals surface area contributed by atoms with Gasteiger partial charge in [-0.2, -0.15) is 5.26 Å². The van der Waals surface area contributed by atoms with E-state index < -0.39 is 0 Å². The van der Waals surface area contributed by atoms with E-state index in [4.69, 9.17) is 22.6 Å². The number of halogens is 1. The summed E-state index contributed by atoms with van der Waals surface area (Å²) in [5.74, 6) is 0. The van der Waals surface area contributed by atoms with Crippen molar-refractivity contribution in [2.75, 3.05) is 19.6 Å². The van der Waals surface area contributed by atoms with E-state index in [9.17, 15) is 0 Å². The molecule has 1 aliphatic rings. The van der Waals surface area contributed by atoms with Gasteiger partial charge >= 0.3 is 0 Å². The second kappa shape index (κ2) is 4.84. The Bertz CT molecular complexity index is 421. The van der Waals surface area contributed by atoms with Gasteiger partial charge in [0.25, 0.3) is 0 Å². The number of likely N-dealkylation sites (tertiary alicyclic amines) is 1. The first-order valence-corrected chi connectivity index (χ1v) is 5.76. The lowest BCUT2D eigenvalue weighted by Gasteiger charge is -2.33. The van der Waals surface area contributed by atoms with Gasteiger partial charge in [0.15, 0.2) is 0 Å². The molecule has 2 N–H and O–H groups in total. The second-order valence-electron chi connectivity index (χ2n) is 4.11. The molecular formula is C12H14ClN3. The largest absolute Gasteiger partial charge is 0.323 e. The van der Waals surface area contributed by atoms with Gasteiger partial charge in [0, 0.05) is 12.6 Å². The molecule has 0 aromatic heterocycles. The molecular weight excluding hydrogens is 222 g/mol. The molecule has 1 aromatic carbocycles. The Balaban J connectivity index is 2.08. The molecule has 84 valence electrons. The highest BCUT2D eigenvalue weighted by molar-refractivity contribution is 6.31. The average Bonchev–Trinajstić information content (AvgIpc) is 2.23. The Morgan fingerprint density at radius 1 is 1.50 bits per heavy atom. The predicted octanol–water partition coefficient (Wildman–Crippen LogP) is 1.92. The molecule has 3 nitrogen and oxygen atoms in total. The standard InChI is InChI=1S/C12H14ClN3/c13-11-6-9(2-3-10(11)7-14)12(15)8-16-4-1-5-16/h2-3,6,12H,1,4-5,8,15H2/t12-/m1/s1. The van der Waals surface area contributed by atoms with E-state index in [1.165, 1.54) is 6.42 Å². The predicted molar refractivity (Wildman–Crippen MR) is 64.2 cm³/mol. The van der Waals surface area contributed by atoms with Gasteiger partial charge in [-0.3, -0.25) is 0 Å². The molecule has 16 heavy (non-hydrogen) atoms. The number of nitrogens with two attached hydrogens (primary N) is 1. The minimum atomic E-state index is -0.0226. The molecule has 1 heterocycles. The molecule has 0 radical (unpaired) electrons. The maximum absolute atomic E-state index is 8.77. The monoisotopic (exact) mass is 235 g/mol. The van der Waals surface area contributed by atoms with Crippen molar-refractivity contribution in [3.8, 4) is 6.07 Å². The highest BCUT2D eigenvalue weighted by Gasteiger charge is 2.18. The van der Waals surface area contributed by atoms with Crippen LogP contribution in [0.15, 0.2) is 18.2 Å². The van der Waals surface area contributed by atoms with Crippen molar-refractivity contribution in [2.45, 2.75) is 12.5 Å². The van der Waals surface area contributed by atoms with Crippen molar-refractivity contribution in [1.82, 2.24) is 4.90 Å². The summed E-state index contributed by atoms with van der Waals surface area (Å²) in [6.07, 6.45) is 1.26. The normalized spacial score (nSPS) is 17.6. The summed E-state index contributed by atoms with van der Waals surface area (Å²) in [4.78, 5) is 2.32. The number of rotatable bonds is 3. The maximum Gasteiger partial charge on any atom is 0.101 e. The molecule has 0 unspecified atom stereocenters. The van der Waals surface area contributed by atoms with Crippen LogP contribution in [0.1, 0.15) is 23.6 Å². The van der Waals surface area contributed by atoms with Crippen molar-refractivity contribution >= 4 is 11.6 Å². The van der Waals surface area contributed by atoms with Crippen molar-refractivity contribution in [2.24, 2.45) is 5.73 Å². The maximum atomic E-state index is 8.77. The molecule has 4 heteroatoms. The third-order valence-electron chi connectivity index (χ3n) is 2.95. The number of hydrogen-bond donors (Lipinski definition) is 1. The summed E-state index contributed by atoms with van der Waals surface area (Å²) in [5.41, 5.74) is 7.58. The van der Waals surface area contributed by atoms with Gasteiger partial charge in [-0.05, 0) is 37.2 Å². The van der Waals surface area contributed by atoms with Gasteiger partial charge in [-0.1, -0.05) is 17.7 Å². The lowest BCUT2D eigenvalue weighted by atomic mass is 10.0. The number of nitriles is 1. The van der Waals surface area contributed by atoms with Crippen LogP contribution in [-0.4, -0.2) is 24.5 Å². The van der Waals surface area contributed by atoms with Crippen LogP contribution in [-0.2, 0) is 0 Å². The molecule has 1 aliphatic heterocycles. The fourth-order valence-electron chi connectivity index (χ4n) is 1.80. The van der Waals surface area contributed by atoms with Gasteiger partial charge in [-0.15, -0.1) is 0 Å². The van der Waals surface area contributed by atoms with Crippen LogP contribution < -0.4 is 5.73 Å². The third-order valence-corrected chi connectivity index (χ3v) is 3.26. The van der Waals surface area contributed by atoms with Gasteiger partial charge in [0.05, 0.1) is 10.6 Å². The van der Waals surface area contributed by atoms with E-state index in [-0.39, 0.29) is 6.04 Å². The SMILES string of the molecule is N#Cc1ccc([C@H](N)CN2CCC2)cc1Cl. The van der Waals surface area contributed by atoms with Crippen LogP contribution in [0.4, 0.5) is 0 Å². The number of benzene rings is 1. The molecule has 1 aromatic rings. The Hall–Kier alpha value is -1.08. The Morgan fingerprint density at radius 2 is 2.25 bits per heavy atom. The summed E-state index contributed by atoms with van der Waals surface area (Å²) in [7, 11) is 0. The third kappa shape index (κ3) is 2.35. The van der Waals surface area contributed by atoms with Crippen molar-refractivity contribution < 1.29 is 0 Å². The summed E-state index contributed by atoms with van der Waals surface area (Å²) in [6.45, 7) is 3.14. The highest BCUT2D eigenvalue weighted by Crippen LogP contribution is 2.22. The molecule has 0 aliphatic carbocycles. The Labute approximate surface area is 100 Å². The molecule has 1 fully saturated rings. The first-order valence-electron chi connectivity index (χ1n) is 5.38. The van der Waals surface area contributed by atoms with Crippen LogP contribution >= 0.6 is 11.6 Å². The Kier molecular flexibility index (Phi) is 3.45. The van der Waals surface area contributed by atoms with Gasteiger partial charge in [-0.25, -0.2) is 0 Å². The van der Waals surface area contributed by atoms with E-state index in [2.05, 4.69) is 4.90 Å². The van der Waals surface area contributed by atoms with Crippen molar-refractivity contribution in [3.63, 3.8) is 0 Å². The molecule has 0 saturated carbocycles. The zero-order chi connectivity index (χ0) is 11.5. The highest BCUT2D eigenvalue weighted by atomic mass is 35.5. The average molecular weight is 236 g/mol. The molecule has 2 rings (SSSR count). The molecule has 0 amide bonds. The van der Waals surface area contributed by atoms with Gasteiger partial charge in [0.1, 0.15) is 6.07 Å². The van der Waals surface area contributed by atoms with E-state index in [0.717, 1.165) is 25.2 Å². The summed E-state index contributed by atoms with van der Waals surface area (Å²) in [6, 6.07) is 7.43. The van der Waals surface area contributed by atoms with Crippen LogP contribution in [0.25, 0.3) is 0 Å². The van der Waals surface area contributed by atoms with E-state index in [1.807, 2.05) is 12.1 Å². The number of hydrogen-bond acceptors (Lipinski definition) is 3. The van der Waals surface area contributed by atoms with Crippen LogP contribution in [0.5, 0.6) is 0 Å². The molecule has 0 spiro atoms. The molecule has 1 atom stereocenters. The zero-order valence-electron chi connectivity index (χ0n) is 8.99. The van der Waals surface area contributed by atoms with Gasteiger partial charge in [0.2, 0.25) is 0 Å². The fourth-order valence-corrected chi connectivity index (χ4v) is 2.03. The van der Waals surface area contributed by atoms with Crippen LogP contribution in [0.3, 0.4) is 0 Å². The summed E-state index contributed by atoms with van der Waals surface area (Å²) in [5, 5.41) is 9.25. The fraction of sp³-hybridized carbons (Fsp3) is 0.417.